The summed E-state index contributed by atoms with van der Waals surface area (Å²) in [4.78, 5) is 23.7. The molecule has 1 rings (SSSR count). The van der Waals surface area contributed by atoms with E-state index >= 15 is 0 Å². The molecule has 3 amide bonds. The Kier molecular flexibility index (Phi) is 7.40. The Morgan fingerprint density at radius 3 is 2.35 bits per heavy atom. The smallest absolute Gasteiger partial charge is 0.312 e. The lowest BCUT2D eigenvalue weighted by Crippen LogP contribution is -2.46. The molecule has 1 aromatic rings. The third-order valence-corrected chi connectivity index (χ3v) is 5.36. The van der Waals surface area contributed by atoms with Gasteiger partial charge < -0.3 is 21.1 Å². The van der Waals surface area contributed by atoms with Crippen LogP contribution >= 0.6 is 0 Å². The summed E-state index contributed by atoms with van der Waals surface area (Å²) in [5, 5.41) is 5.00. The molecule has 0 fully saturated rings. The number of amides is 3. The van der Waals surface area contributed by atoms with Crippen LogP contribution in [0.2, 0.25) is 0 Å². The number of ether oxygens (including phenoxy) is 1. The molecule has 0 aliphatic heterocycles. The summed E-state index contributed by atoms with van der Waals surface area (Å²) in [6.07, 6.45) is 0.368. The molecule has 0 aliphatic rings. The summed E-state index contributed by atoms with van der Waals surface area (Å²) in [5.41, 5.74) is 5.31. The molecule has 10 heteroatoms. The molecule has 1 aromatic carbocycles. The van der Waals surface area contributed by atoms with Crippen molar-refractivity contribution in [2.45, 2.75) is 31.2 Å². The van der Waals surface area contributed by atoms with Gasteiger partial charge in [-0.3, -0.25) is 4.79 Å². The van der Waals surface area contributed by atoms with Crippen LogP contribution in [0.4, 0.5) is 10.5 Å². The highest BCUT2D eigenvalue weighted by Crippen LogP contribution is 2.28. The minimum Gasteiger partial charge on any atom is -0.495 e. The van der Waals surface area contributed by atoms with Crippen molar-refractivity contribution in [2.24, 2.45) is 11.7 Å². The summed E-state index contributed by atoms with van der Waals surface area (Å²) in [5.74, 6) is -0.103. The fourth-order valence-electron chi connectivity index (χ4n) is 2.25. The number of nitrogens with zero attached hydrogens (tertiary/aromatic N) is 1. The van der Waals surface area contributed by atoms with E-state index in [2.05, 4.69) is 10.6 Å². The lowest BCUT2D eigenvalue weighted by molar-refractivity contribution is -0.118. The maximum Gasteiger partial charge on any atom is 0.312 e. The third kappa shape index (κ3) is 5.60. The molecule has 0 aromatic heterocycles. The van der Waals surface area contributed by atoms with Crippen LogP contribution in [0.25, 0.3) is 0 Å². The summed E-state index contributed by atoms with van der Waals surface area (Å²) in [6, 6.07) is 2.47. The molecule has 0 radical (unpaired) electrons. The van der Waals surface area contributed by atoms with Crippen LogP contribution in [0.3, 0.4) is 0 Å². The van der Waals surface area contributed by atoms with Crippen molar-refractivity contribution >= 4 is 27.6 Å². The largest absolute Gasteiger partial charge is 0.495 e. The summed E-state index contributed by atoms with van der Waals surface area (Å²) in [6.45, 7) is 3.79. The van der Waals surface area contributed by atoms with Crippen LogP contribution in [-0.2, 0) is 14.8 Å². The van der Waals surface area contributed by atoms with Crippen molar-refractivity contribution in [3.63, 3.8) is 0 Å². The number of urea groups is 1. The Labute approximate surface area is 153 Å². The monoisotopic (exact) mass is 386 g/mol. The molecule has 0 spiro atoms. The highest BCUT2D eigenvalue weighted by Gasteiger charge is 2.24. The van der Waals surface area contributed by atoms with E-state index in [0.717, 1.165) is 4.31 Å². The number of methoxy groups -OCH3 is 1. The number of hydrogen-bond acceptors (Lipinski definition) is 5. The number of carbonyl (C=O) groups excluding carboxylic acids is 2. The molecule has 0 saturated heterocycles. The first kappa shape index (κ1) is 21.7. The second-order valence-electron chi connectivity index (χ2n) is 6.33. The third-order valence-electron chi connectivity index (χ3n) is 3.55. The topological polar surface area (TPSA) is 131 Å². The van der Waals surface area contributed by atoms with E-state index in [1.54, 1.807) is 0 Å². The molecule has 4 N–H and O–H groups in total. The van der Waals surface area contributed by atoms with E-state index in [1.165, 1.54) is 39.4 Å². The Hall–Kier alpha value is -2.33. The summed E-state index contributed by atoms with van der Waals surface area (Å²) >= 11 is 0. The first-order valence-electron chi connectivity index (χ1n) is 7.96. The molecule has 0 bridgehead atoms. The number of nitrogens with one attached hydrogen (secondary N) is 2. The second kappa shape index (κ2) is 8.86. The van der Waals surface area contributed by atoms with Crippen molar-refractivity contribution in [3.05, 3.63) is 18.2 Å². The molecule has 9 nitrogen and oxygen atoms in total. The van der Waals surface area contributed by atoms with Crippen molar-refractivity contribution in [3.8, 4) is 5.75 Å². The van der Waals surface area contributed by atoms with Gasteiger partial charge in [-0.1, -0.05) is 13.8 Å². The highest BCUT2D eigenvalue weighted by atomic mass is 32.2. The lowest BCUT2D eigenvalue weighted by atomic mass is 10.0. The van der Waals surface area contributed by atoms with Crippen LogP contribution in [0, 0.1) is 5.92 Å². The first-order chi connectivity index (χ1) is 12.0. The number of benzene rings is 1. The standard InChI is InChI=1S/C16H26N4O5S/c1-10(2)8-13(19-16(17)22)15(21)18-12-9-11(6-7-14(12)25-5)26(23,24)20(3)4/h6-7,9-10,13H,8H2,1-5H3,(H,18,21)(H3,17,19,22)/t13-/m1/s1. The quantitative estimate of drug-likeness (QED) is 0.613. The fourth-order valence-corrected chi connectivity index (χ4v) is 3.18. The number of carbonyl (C=O) groups is 2. The van der Waals surface area contributed by atoms with Gasteiger partial charge in [0.2, 0.25) is 15.9 Å². The van der Waals surface area contributed by atoms with Gasteiger partial charge in [0.15, 0.2) is 0 Å². The average molecular weight is 386 g/mol. The number of hydrogen-bond donors (Lipinski definition) is 3. The average Bonchev–Trinajstić information content (AvgIpc) is 2.53. The van der Waals surface area contributed by atoms with E-state index in [9.17, 15) is 18.0 Å². The number of nitrogens with two attached hydrogens (primary N) is 1. The normalized spacial score (nSPS) is 12.7. The fraction of sp³-hybridized carbons (Fsp3) is 0.500. The van der Waals surface area contributed by atoms with Crippen molar-refractivity contribution < 1.29 is 22.7 Å². The van der Waals surface area contributed by atoms with Crippen LogP contribution in [0.5, 0.6) is 5.75 Å². The first-order valence-corrected chi connectivity index (χ1v) is 9.40. The van der Waals surface area contributed by atoms with Gasteiger partial charge in [0.25, 0.3) is 0 Å². The number of sulfonamides is 1. The van der Waals surface area contributed by atoms with Gasteiger partial charge in [-0.05, 0) is 30.5 Å². The van der Waals surface area contributed by atoms with Gasteiger partial charge in [-0.2, -0.15) is 0 Å². The minimum atomic E-state index is -3.68. The Morgan fingerprint density at radius 1 is 1.27 bits per heavy atom. The van der Waals surface area contributed by atoms with Gasteiger partial charge in [0, 0.05) is 14.1 Å². The highest BCUT2D eigenvalue weighted by molar-refractivity contribution is 7.89. The molecule has 26 heavy (non-hydrogen) atoms. The Balaban J connectivity index is 3.20. The predicted molar refractivity (Wildman–Crippen MR) is 98.5 cm³/mol. The lowest BCUT2D eigenvalue weighted by Gasteiger charge is -2.20. The zero-order valence-corrected chi connectivity index (χ0v) is 16.4. The number of anilines is 1. The van der Waals surface area contributed by atoms with E-state index in [4.69, 9.17) is 10.5 Å². The number of rotatable bonds is 8. The maximum atomic E-state index is 12.5. The second-order valence-corrected chi connectivity index (χ2v) is 8.48. The van der Waals surface area contributed by atoms with E-state index in [0.29, 0.717) is 12.2 Å². The van der Waals surface area contributed by atoms with Crippen LogP contribution in [0.15, 0.2) is 23.1 Å². The van der Waals surface area contributed by atoms with Crippen LogP contribution in [-0.4, -0.2) is 51.9 Å². The zero-order chi connectivity index (χ0) is 20.1. The summed E-state index contributed by atoms with van der Waals surface area (Å²) in [7, 11) is 0.539. The molecule has 0 unspecified atom stereocenters. The predicted octanol–water partition coefficient (Wildman–Crippen LogP) is 0.967. The molecule has 0 heterocycles. The Bertz CT molecular complexity index is 762. The van der Waals surface area contributed by atoms with E-state index < -0.39 is 28.0 Å². The SMILES string of the molecule is COc1ccc(S(=O)(=O)N(C)C)cc1NC(=O)[C@@H](CC(C)C)NC(N)=O. The van der Waals surface area contributed by atoms with Gasteiger partial charge in [0.05, 0.1) is 17.7 Å². The van der Waals surface area contributed by atoms with Crippen molar-refractivity contribution in [1.29, 1.82) is 0 Å². The van der Waals surface area contributed by atoms with Crippen molar-refractivity contribution in [1.82, 2.24) is 9.62 Å². The minimum absolute atomic E-state index is 0.00173. The van der Waals surface area contributed by atoms with Crippen molar-refractivity contribution in [2.75, 3.05) is 26.5 Å². The van der Waals surface area contributed by atoms with Gasteiger partial charge in [-0.15, -0.1) is 0 Å². The van der Waals surface area contributed by atoms with E-state index in [-0.39, 0.29) is 16.5 Å². The molecular formula is C16H26N4O5S. The van der Waals surface area contributed by atoms with Crippen LogP contribution in [0.1, 0.15) is 20.3 Å². The molecule has 0 aliphatic carbocycles. The van der Waals surface area contributed by atoms with Gasteiger partial charge in [0.1, 0.15) is 11.8 Å². The van der Waals surface area contributed by atoms with Gasteiger partial charge in [-0.25, -0.2) is 17.5 Å². The maximum absolute atomic E-state index is 12.5. The molecular weight excluding hydrogens is 360 g/mol. The zero-order valence-electron chi connectivity index (χ0n) is 15.6. The van der Waals surface area contributed by atoms with Gasteiger partial charge >= 0.3 is 6.03 Å². The molecule has 146 valence electrons. The molecule has 1 atom stereocenters. The summed E-state index contributed by atoms with van der Waals surface area (Å²) < 4.78 is 30.8. The van der Waals surface area contributed by atoms with Crippen LogP contribution < -0.4 is 21.1 Å². The molecule has 0 saturated carbocycles. The Morgan fingerprint density at radius 2 is 1.88 bits per heavy atom. The number of primary amides is 1. The van der Waals surface area contributed by atoms with E-state index in [1.807, 2.05) is 13.8 Å².